The lowest BCUT2D eigenvalue weighted by molar-refractivity contribution is 1.10. The Balaban J connectivity index is 2.46. The summed E-state index contributed by atoms with van der Waals surface area (Å²) in [5.41, 5.74) is 4.44. The number of hydrogen-bond donors (Lipinski definition) is 0. The molecule has 0 amide bonds. The lowest BCUT2D eigenvalue weighted by Gasteiger charge is -2.15. The zero-order valence-corrected chi connectivity index (χ0v) is 13.8. The van der Waals surface area contributed by atoms with Crippen molar-refractivity contribution in [1.29, 1.82) is 0 Å². The van der Waals surface area contributed by atoms with Crippen LogP contribution in [0.3, 0.4) is 0 Å². The van der Waals surface area contributed by atoms with Crippen molar-refractivity contribution < 1.29 is 0 Å². The normalized spacial score (nSPS) is 12.5. The van der Waals surface area contributed by atoms with Crippen LogP contribution in [0.5, 0.6) is 0 Å². The summed E-state index contributed by atoms with van der Waals surface area (Å²) in [6.45, 7) is 4.05. The maximum Gasteiger partial charge on any atom is 0.0838 e. The molecule has 0 nitrogen and oxygen atoms in total. The SMILES string of the molecule is Cc1cc(C(Cl)c2cccc(I)c2)c(C)cc1Cl. The van der Waals surface area contributed by atoms with Gasteiger partial charge in [0.1, 0.15) is 0 Å². The second-order valence-corrected chi connectivity index (χ2v) is 6.46. The van der Waals surface area contributed by atoms with Crippen molar-refractivity contribution in [3.63, 3.8) is 0 Å². The molecule has 0 N–H and O–H groups in total. The lowest BCUT2D eigenvalue weighted by Crippen LogP contribution is -1.98. The fourth-order valence-electron chi connectivity index (χ4n) is 1.92. The monoisotopic (exact) mass is 390 g/mol. The Bertz CT molecular complexity index is 579. The third-order valence-corrected chi connectivity index (χ3v) is 4.53. The van der Waals surface area contributed by atoms with Gasteiger partial charge in [-0.25, -0.2) is 0 Å². The molecule has 94 valence electrons. The minimum Gasteiger partial charge on any atom is -0.113 e. The van der Waals surface area contributed by atoms with Crippen molar-refractivity contribution in [2.75, 3.05) is 0 Å². The van der Waals surface area contributed by atoms with E-state index in [1.807, 2.05) is 26.0 Å². The van der Waals surface area contributed by atoms with Gasteiger partial charge in [-0.1, -0.05) is 29.8 Å². The molecule has 0 spiro atoms. The zero-order valence-electron chi connectivity index (χ0n) is 10.2. The van der Waals surface area contributed by atoms with E-state index >= 15 is 0 Å². The second-order valence-electron chi connectivity index (χ2n) is 4.38. The van der Waals surface area contributed by atoms with Gasteiger partial charge in [0.25, 0.3) is 0 Å². The van der Waals surface area contributed by atoms with E-state index in [0.717, 1.165) is 27.3 Å². The van der Waals surface area contributed by atoms with Gasteiger partial charge in [0.2, 0.25) is 0 Å². The highest BCUT2D eigenvalue weighted by Gasteiger charge is 2.14. The lowest BCUT2D eigenvalue weighted by atomic mass is 9.98. The maximum absolute atomic E-state index is 6.59. The smallest absolute Gasteiger partial charge is 0.0838 e. The third kappa shape index (κ3) is 3.01. The van der Waals surface area contributed by atoms with Crippen LogP contribution in [-0.4, -0.2) is 0 Å². The highest BCUT2D eigenvalue weighted by Crippen LogP contribution is 2.34. The highest BCUT2D eigenvalue weighted by atomic mass is 127. The Hall–Kier alpha value is -0.250. The van der Waals surface area contributed by atoms with E-state index in [1.54, 1.807) is 0 Å². The summed E-state index contributed by atoms with van der Waals surface area (Å²) in [4.78, 5) is 0. The molecular formula is C15H13Cl2I. The van der Waals surface area contributed by atoms with Gasteiger partial charge in [0.15, 0.2) is 0 Å². The van der Waals surface area contributed by atoms with E-state index in [4.69, 9.17) is 23.2 Å². The topological polar surface area (TPSA) is 0 Å². The number of hydrogen-bond acceptors (Lipinski definition) is 0. The highest BCUT2D eigenvalue weighted by molar-refractivity contribution is 14.1. The van der Waals surface area contributed by atoms with Gasteiger partial charge < -0.3 is 0 Å². The molecular weight excluding hydrogens is 378 g/mol. The Morgan fingerprint density at radius 1 is 1.06 bits per heavy atom. The van der Waals surface area contributed by atoms with Crippen LogP contribution in [0.2, 0.25) is 5.02 Å². The zero-order chi connectivity index (χ0) is 13.3. The molecule has 0 radical (unpaired) electrons. The molecule has 2 rings (SSSR count). The Kier molecular flexibility index (Phi) is 4.57. The van der Waals surface area contributed by atoms with Gasteiger partial charge >= 0.3 is 0 Å². The van der Waals surface area contributed by atoms with Gasteiger partial charge in [-0.3, -0.25) is 0 Å². The summed E-state index contributed by atoms with van der Waals surface area (Å²) < 4.78 is 1.19. The molecule has 18 heavy (non-hydrogen) atoms. The average molecular weight is 391 g/mol. The van der Waals surface area contributed by atoms with Crippen molar-refractivity contribution in [3.8, 4) is 0 Å². The largest absolute Gasteiger partial charge is 0.113 e. The third-order valence-electron chi connectivity index (χ3n) is 2.96. The van der Waals surface area contributed by atoms with Gasteiger partial charge in [-0.2, -0.15) is 0 Å². The first-order valence-corrected chi connectivity index (χ1v) is 7.54. The summed E-state index contributed by atoms with van der Waals surface area (Å²) in [5, 5.41) is 0.665. The minimum absolute atomic E-state index is 0.129. The molecule has 0 saturated carbocycles. The Morgan fingerprint density at radius 2 is 1.78 bits per heavy atom. The molecule has 0 saturated heterocycles. The van der Waals surface area contributed by atoms with Crippen molar-refractivity contribution in [2.24, 2.45) is 0 Å². The number of halogens is 3. The molecule has 0 fully saturated rings. The molecule has 3 heteroatoms. The van der Waals surface area contributed by atoms with Gasteiger partial charge in [0.05, 0.1) is 5.38 Å². The Morgan fingerprint density at radius 3 is 2.44 bits per heavy atom. The molecule has 0 aromatic heterocycles. The summed E-state index contributed by atoms with van der Waals surface area (Å²) in [6.07, 6.45) is 0. The van der Waals surface area contributed by atoms with E-state index in [0.29, 0.717) is 0 Å². The van der Waals surface area contributed by atoms with Gasteiger partial charge in [-0.15, -0.1) is 11.6 Å². The van der Waals surface area contributed by atoms with Crippen molar-refractivity contribution >= 4 is 45.8 Å². The molecule has 0 aliphatic heterocycles. The van der Waals surface area contributed by atoms with Crippen LogP contribution in [0.4, 0.5) is 0 Å². The number of aryl methyl sites for hydroxylation is 2. The van der Waals surface area contributed by atoms with E-state index in [2.05, 4.69) is 46.9 Å². The molecule has 2 aromatic carbocycles. The van der Waals surface area contributed by atoms with Crippen molar-refractivity contribution in [3.05, 3.63) is 67.2 Å². The van der Waals surface area contributed by atoms with Crippen LogP contribution in [0.25, 0.3) is 0 Å². The molecule has 2 aromatic rings. The second kappa shape index (κ2) is 5.81. The van der Waals surface area contributed by atoms with Gasteiger partial charge in [0, 0.05) is 8.59 Å². The van der Waals surface area contributed by atoms with Crippen LogP contribution < -0.4 is 0 Å². The maximum atomic E-state index is 6.59. The summed E-state index contributed by atoms with van der Waals surface area (Å²) >= 11 is 15.0. The minimum atomic E-state index is -0.129. The summed E-state index contributed by atoms with van der Waals surface area (Å²) in [6, 6.07) is 12.3. The molecule has 0 bridgehead atoms. The van der Waals surface area contributed by atoms with Crippen LogP contribution >= 0.6 is 45.8 Å². The van der Waals surface area contributed by atoms with Gasteiger partial charge in [-0.05, 0) is 76.9 Å². The first-order chi connectivity index (χ1) is 8.49. The molecule has 0 aliphatic rings. The van der Waals surface area contributed by atoms with Crippen molar-refractivity contribution in [2.45, 2.75) is 19.2 Å². The van der Waals surface area contributed by atoms with Crippen LogP contribution in [0, 0.1) is 17.4 Å². The first-order valence-electron chi connectivity index (χ1n) is 5.65. The molecule has 1 unspecified atom stereocenters. The first kappa shape index (κ1) is 14.2. The fourth-order valence-corrected chi connectivity index (χ4v) is 3.08. The standard InChI is InChI=1S/C15H13Cl2I/c1-9-7-14(16)10(2)6-13(9)15(17)11-4-3-5-12(18)8-11/h3-8,15H,1-2H3. The van der Waals surface area contributed by atoms with E-state index in [-0.39, 0.29) is 5.38 Å². The average Bonchev–Trinajstić information content (AvgIpc) is 2.33. The van der Waals surface area contributed by atoms with E-state index in [9.17, 15) is 0 Å². The Labute approximate surface area is 131 Å². The van der Waals surface area contributed by atoms with Crippen LogP contribution in [0.1, 0.15) is 27.6 Å². The summed E-state index contributed by atoms with van der Waals surface area (Å²) in [5.74, 6) is 0. The van der Waals surface area contributed by atoms with E-state index in [1.165, 1.54) is 3.57 Å². The molecule has 0 aliphatic carbocycles. The fraction of sp³-hybridized carbons (Fsp3) is 0.200. The van der Waals surface area contributed by atoms with E-state index < -0.39 is 0 Å². The van der Waals surface area contributed by atoms with Crippen LogP contribution in [-0.2, 0) is 0 Å². The predicted octanol–water partition coefficient (Wildman–Crippen LogP) is 5.89. The number of alkyl halides is 1. The number of rotatable bonds is 2. The molecule has 0 heterocycles. The predicted molar refractivity (Wildman–Crippen MR) is 87.8 cm³/mol. The number of benzene rings is 2. The van der Waals surface area contributed by atoms with Crippen molar-refractivity contribution in [1.82, 2.24) is 0 Å². The summed E-state index contributed by atoms with van der Waals surface area (Å²) in [7, 11) is 0. The quantitative estimate of drug-likeness (QED) is 0.443. The molecule has 1 atom stereocenters. The van der Waals surface area contributed by atoms with Crippen LogP contribution in [0.15, 0.2) is 36.4 Å².